The second kappa shape index (κ2) is 5.63. The molecule has 2 aromatic rings. The standard InChI is InChI=1S/C13H13F4N3O/c1-2-3-21-12-5-11(10(18)4-9(12)14)20-7-8(6-19-20)13(15,16)17/h4-7H,2-3,18H2,1H3. The van der Waals surface area contributed by atoms with Gasteiger partial charge in [0, 0.05) is 18.3 Å². The van der Waals surface area contributed by atoms with E-state index in [9.17, 15) is 17.6 Å². The number of rotatable bonds is 4. The van der Waals surface area contributed by atoms with Crippen LogP contribution in [0.3, 0.4) is 0 Å². The van der Waals surface area contributed by atoms with Crippen LogP contribution in [-0.4, -0.2) is 16.4 Å². The molecule has 0 aliphatic rings. The highest BCUT2D eigenvalue weighted by atomic mass is 19.4. The molecule has 0 bridgehead atoms. The number of alkyl halides is 3. The summed E-state index contributed by atoms with van der Waals surface area (Å²) in [7, 11) is 0. The van der Waals surface area contributed by atoms with Crippen LogP contribution in [0.2, 0.25) is 0 Å². The number of hydrogen-bond acceptors (Lipinski definition) is 3. The van der Waals surface area contributed by atoms with Gasteiger partial charge < -0.3 is 10.5 Å². The Kier molecular flexibility index (Phi) is 4.06. The van der Waals surface area contributed by atoms with Crippen molar-refractivity contribution in [3.05, 3.63) is 35.9 Å². The Morgan fingerprint density at radius 2 is 2.05 bits per heavy atom. The van der Waals surface area contributed by atoms with E-state index >= 15 is 0 Å². The van der Waals surface area contributed by atoms with Gasteiger partial charge in [0.2, 0.25) is 0 Å². The fraction of sp³-hybridized carbons (Fsp3) is 0.308. The molecule has 0 saturated heterocycles. The van der Waals surface area contributed by atoms with E-state index in [4.69, 9.17) is 10.5 Å². The van der Waals surface area contributed by atoms with Gasteiger partial charge in [-0.3, -0.25) is 0 Å². The maximum Gasteiger partial charge on any atom is 0.419 e. The molecule has 0 atom stereocenters. The highest BCUT2D eigenvalue weighted by Gasteiger charge is 2.32. The number of benzene rings is 1. The third-order valence-corrected chi connectivity index (χ3v) is 2.70. The highest BCUT2D eigenvalue weighted by molar-refractivity contribution is 5.60. The molecule has 0 saturated carbocycles. The van der Waals surface area contributed by atoms with Crippen LogP contribution in [0.25, 0.3) is 5.69 Å². The van der Waals surface area contributed by atoms with E-state index < -0.39 is 17.6 Å². The summed E-state index contributed by atoms with van der Waals surface area (Å²) < 4.78 is 57.4. The Morgan fingerprint density at radius 3 is 2.62 bits per heavy atom. The van der Waals surface area contributed by atoms with Crippen molar-refractivity contribution in [3.8, 4) is 11.4 Å². The molecule has 8 heteroatoms. The SMILES string of the molecule is CCCOc1cc(-n2cc(C(F)(F)F)cn2)c(N)cc1F. The van der Waals surface area contributed by atoms with Crippen LogP contribution in [0.15, 0.2) is 24.5 Å². The average molecular weight is 303 g/mol. The van der Waals surface area contributed by atoms with Crippen LogP contribution in [0.1, 0.15) is 18.9 Å². The van der Waals surface area contributed by atoms with Crippen LogP contribution in [0.4, 0.5) is 23.2 Å². The molecule has 2 rings (SSSR count). The summed E-state index contributed by atoms with van der Waals surface area (Å²) in [6.45, 7) is 2.13. The lowest BCUT2D eigenvalue weighted by Gasteiger charge is -2.11. The normalized spacial score (nSPS) is 11.7. The van der Waals surface area contributed by atoms with Crippen molar-refractivity contribution in [2.24, 2.45) is 0 Å². The summed E-state index contributed by atoms with van der Waals surface area (Å²) >= 11 is 0. The van der Waals surface area contributed by atoms with Gasteiger partial charge in [-0.25, -0.2) is 9.07 Å². The lowest BCUT2D eigenvalue weighted by atomic mass is 10.2. The molecule has 21 heavy (non-hydrogen) atoms. The van der Waals surface area contributed by atoms with Crippen molar-refractivity contribution in [1.82, 2.24) is 9.78 Å². The maximum absolute atomic E-state index is 13.6. The molecule has 2 N–H and O–H groups in total. The van der Waals surface area contributed by atoms with Gasteiger partial charge in [-0.15, -0.1) is 0 Å². The quantitative estimate of drug-likeness (QED) is 0.695. The molecular formula is C13H13F4N3O. The predicted molar refractivity (Wildman–Crippen MR) is 68.7 cm³/mol. The van der Waals surface area contributed by atoms with Gasteiger partial charge in [-0.05, 0) is 6.42 Å². The monoisotopic (exact) mass is 303 g/mol. The fourth-order valence-corrected chi connectivity index (χ4v) is 1.68. The molecule has 1 heterocycles. The van der Waals surface area contributed by atoms with Crippen LogP contribution < -0.4 is 10.5 Å². The summed E-state index contributed by atoms with van der Waals surface area (Å²) in [5.74, 6) is -0.752. The van der Waals surface area contributed by atoms with E-state index in [0.29, 0.717) is 12.6 Å². The van der Waals surface area contributed by atoms with Crippen molar-refractivity contribution >= 4 is 5.69 Å². The Morgan fingerprint density at radius 1 is 1.33 bits per heavy atom. The molecule has 0 aliphatic heterocycles. The van der Waals surface area contributed by atoms with E-state index in [0.717, 1.165) is 16.9 Å². The van der Waals surface area contributed by atoms with Gasteiger partial charge in [0.05, 0.1) is 29.7 Å². The second-order valence-electron chi connectivity index (χ2n) is 4.36. The first-order chi connectivity index (χ1) is 9.82. The molecule has 1 aromatic carbocycles. The molecule has 0 radical (unpaired) electrons. The zero-order chi connectivity index (χ0) is 15.6. The van der Waals surface area contributed by atoms with Gasteiger partial charge in [0.15, 0.2) is 11.6 Å². The molecule has 114 valence electrons. The first-order valence-electron chi connectivity index (χ1n) is 6.17. The minimum atomic E-state index is -4.51. The van der Waals surface area contributed by atoms with Crippen molar-refractivity contribution < 1.29 is 22.3 Å². The molecule has 0 spiro atoms. The van der Waals surface area contributed by atoms with Gasteiger partial charge in [-0.1, -0.05) is 6.92 Å². The van der Waals surface area contributed by atoms with E-state index in [1.165, 1.54) is 6.07 Å². The molecular weight excluding hydrogens is 290 g/mol. The number of hydrogen-bond donors (Lipinski definition) is 1. The van der Waals surface area contributed by atoms with Crippen LogP contribution in [-0.2, 0) is 6.18 Å². The summed E-state index contributed by atoms with van der Waals surface area (Å²) in [6, 6.07) is 2.22. The largest absolute Gasteiger partial charge is 0.490 e. The smallest absolute Gasteiger partial charge is 0.419 e. The minimum absolute atomic E-state index is 0.0341. The van der Waals surface area contributed by atoms with Crippen LogP contribution in [0, 0.1) is 5.82 Å². The zero-order valence-corrected chi connectivity index (χ0v) is 11.1. The van der Waals surface area contributed by atoms with Crippen LogP contribution in [0.5, 0.6) is 5.75 Å². The first-order valence-corrected chi connectivity index (χ1v) is 6.17. The summed E-state index contributed by atoms with van der Waals surface area (Å²) in [6.07, 6.45) is -2.38. The van der Waals surface area contributed by atoms with Crippen molar-refractivity contribution in [2.75, 3.05) is 12.3 Å². The maximum atomic E-state index is 13.6. The van der Waals surface area contributed by atoms with E-state index in [1.54, 1.807) is 0 Å². The lowest BCUT2D eigenvalue weighted by Crippen LogP contribution is -2.05. The van der Waals surface area contributed by atoms with Crippen molar-refractivity contribution in [3.63, 3.8) is 0 Å². The number of nitrogens with two attached hydrogens (primary N) is 1. The first kappa shape index (κ1) is 15.1. The molecule has 0 amide bonds. The topological polar surface area (TPSA) is 53.1 Å². The van der Waals surface area contributed by atoms with E-state index in [-0.39, 0.29) is 23.7 Å². The summed E-state index contributed by atoms with van der Waals surface area (Å²) in [4.78, 5) is 0. The van der Waals surface area contributed by atoms with Gasteiger partial charge in [-0.2, -0.15) is 18.3 Å². The van der Waals surface area contributed by atoms with Crippen molar-refractivity contribution in [1.29, 1.82) is 0 Å². The number of halogens is 4. The van der Waals surface area contributed by atoms with E-state index in [1.807, 2.05) is 6.92 Å². The Labute approximate surface area is 118 Å². The lowest BCUT2D eigenvalue weighted by molar-refractivity contribution is -0.137. The molecule has 0 aliphatic carbocycles. The Hall–Kier alpha value is -2.25. The predicted octanol–water partition coefficient (Wildman–Crippen LogP) is 3.40. The van der Waals surface area contributed by atoms with Crippen molar-refractivity contribution in [2.45, 2.75) is 19.5 Å². The van der Waals surface area contributed by atoms with Gasteiger partial charge in [0.25, 0.3) is 0 Å². The number of anilines is 1. The molecule has 0 unspecified atom stereocenters. The number of aromatic nitrogens is 2. The third-order valence-electron chi connectivity index (χ3n) is 2.70. The number of nitrogen functional groups attached to an aromatic ring is 1. The van der Waals surface area contributed by atoms with Gasteiger partial charge >= 0.3 is 6.18 Å². The molecule has 1 aromatic heterocycles. The fourth-order valence-electron chi connectivity index (χ4n) is 1.68. The average Bonchev–Trinajstić information content (AvgIpc) is 2.87. The minimum Gasteiger partial charge on any atom is -0.490 e. The zero-order valence-electron chi connectivity index (χ0n) is 11.1. The third kappa shape index (κ3) is 3.26. The highest BCUT2D eigenvalue weighted by Crippen LogP contribution is 2.31. The second-order valence-corrected chi connectivity index (χ2v) is 4.36. The molecule has 4 nitrogen and oxygen atoms in total. The Bertz CT molecular complexity index is 637. The Balaban J connectivity index is 2.41. The van der Waals surface area contributed by atoms with Crippen LogP contribution >= 0.6 is 0 Å². The van der Waals surface area contributed by atoms with E-state index in [2.05, 4.69) is 5.10 Å². The number of nitrogens with zero attached hydrogens (tertiary/aromatic N) is 2. The summed E-state index contributed by atoms with van der Waals surface area (Å²) in [5, 5.41) is 3.60. The molecule has 0 fully saturated rings. The van der Waals surface area contributed by atoms with Gasteiger partial charge in [0.1, 0.15) is 0 Å². The number of ether oxygens (including phenoxy) is 1. The summed E-state index contributed by atoms with van der Waals surface area (Å²) in [5.41, 5.74) is 4.81.